The summed E-state index contributed by atoms with van der Waals surface area (Å²) in [6.45, 7) is 9.30. The molecule has 0 saturated heterocycles. The summed E-state index contributed by atoms with van der Waals surface area (Å²) in [5.41, 5.74) is 4.66. The van der Waals surface area contributed by atoms with E-state index in [1.807, 2.05) is 45.0 Å². The summed E-state index contributed by atoms with van der Waals surface area (Å²) >= 11 is 0. The molecule has 0 heterocycles. The molecular formula is C19H33N3O2. The predicted octanol–water partition coefficient (Wildman–Crippen LogP) is 4.85. The van der Waals surface area contributed by atoms with E-state index in [4.69, 9.17) is 0 Å². The second kappa shape index (κ2) is 10.2. The second-order valence-electron chi connectivity index (χ2n) is 7.16. The topological polar surface area (TPSA) is 64.6 Å². The number of nitrogens with zero attached hydrogens (tertiary/aromatic N) is 1. The molecule has 1 aromatic rings. The molecule has 0 saturated carbocycles. The van der Waals surface area contributed by atoms with Crippen molar-refractivity contribution < 1.29 is 9.90 Å². The Hall–Kier alpha value is -1.75. The summed E-state index contributed by atoms with van der Waals surface area (Å²) in [6.07, 6.45) is 5.42. The number of unbranched alkanes of at least 4 members (excludes halogenated alkanes) is 4. The van der Waals surface area contributed by atoms with Crippen molar-refractivity contribution in [3.8, 4) is 0 Å². The highest BCUT2D eigenvalue weighted by atomic mass is 16.4. The van der Waals surface area contributed by atoms with E-state index < -0.39 is 11.6 Å². The van der Waals surface area contributed by atoms with Crippen molar-refractivity contribution >= 4 is 11.8 Å². The molecule has 136 valence electrons. The van der Waals surface area contributed by atoms with Gasteiger partial charge in [0, 0.05) is 18.8 Å². The van der Waals surface area contributed by atoms with Crippen molar-refractivity contribution in [1.82, 2.24) is 10.4 Å². The maximum absolute atomic E-state index is 11.3. The molecule has 0 atom stereocenters. The van der Waals surface area contributed by atoms with Crippen molar-refractivity contribution in [2.45, 2.75) is 71.9 Å². The molecule has 0 radical (unpaired) electrons. The van der Waals surface area contributed by atoms with Crippen LogP contribution in [0.2, 0.25) is 0 Å². The Morgan fingerprint density at radius 3 is 2.25 bits per heavy atom. The zero-order chi connectivity index (χ0) is 18.0. The van der Waals surface area contributed by atoms with Crippen molar-refractivity contribution in [1.29, 1.82) is 0 Å². The van der Waals surface area contributed by atoms with Crippen LogP contribution in [0.5, 0.6) is 0 Å². The van der Waals surface area contributed by atoms with E-state index in [9.17, 15) is 9.90 Å². The van der Waals surface area contributed by atoms with Gasteiger partial charge < -0.3 is 10.4 Å². The van der Waals surface area contributed by atoms with Gasteiger partial charge in [0.15, 0.2) is 0 Å². The van der Waals surface area contributed by atoms with Crippen LogP contribution in [0.4, 0.5) is 10.5 Å². The molecular weight excluding hydrogens is 302 g/mol. The first kappa shape index (κ1) is 20.3. The van der Waals surface area contributed by atoms with Crippen LogP contribution in [0.1, 0.15) is 65.4 Å². The molecule has 0 aliphatic carbocycles. The highest BCUT2D eigenvalue weighted by Crippen LogP contribution is 2.13. The van der Waals surface area contributed by atoms with Gasteiger partial charge in [-0.15, -0.1) is 0 Å². The standard InChI is InChI=1S/C19H33N3O2/c1-5-6-7-8-9-14-20-17-12-10-16(11-13-17)15-21-22(18(23)24)19(2,3)4/h10-13,20-21H,5-9,14-15H2,1-4H3,(H,23,24). The van der Waals surface area contributed by atoms with E-state index >= 15 is 0 Å². The molecule has 0 spiro atoms. The Labute approximate surface area is 146 Å². The van der Waals surface area contributed by atoms with Crippen LogP contribution in [-0.2, 0) is 6.54 Å². The Morgan fingerprint density at radius 2 is 1.71 bits per heavy atom. The van der Waals surface area contributed by atoms with Gasteiger partial charge >= 0.3 is 6.09 Å². The molecule has 1 rings (SSSR count). The average Bonchev–Trinajstić information content (AvgIpc) is 2.50. The number of rotatable bonds is 10. The summed E-state index contributed by atoms with van der Waals surface area (Å²) < 4.78 is 0. The smallest absolute Gasteiger partial charge is 0.422 e. The fraction of sp³-hybridized carbons (Fsp3) is 0.632. The van der Waals surface area contributed by atoms with Gasteiger partial charge in [-0.2, -0.15) is 0 Å². The maximum Gasteiger partial charge on any atom is 0.422 e. The lowest BCUT2D eigenvalue weighted by molar-refractivity contribution is 0.0624. The first-order valence-electron chi connectivity index (χ1n) is 8.94. The summed E-state index contributed by atoms with van der Waals surface area (Å²) in [4.78, 5) is 11.3. The SMILES string of the molecule is CCCCCCCNc1ccc(CNN(C(=O)O)C(C)(C)C)cc1. The summed E-state index contributed by atoms with van der Waals surface area (Å²) in [6, 6.07) is 8.14. The van der Waals surface area contributed by atoms with E-state index in [1.54, 1.807) is 0 Å². The average molecular weight is 335 g/mol. The molecule has 0 aromatic heterocycles. The fourth-order valence-corrected chi connectivity index (χ4v) is 2.46. The van der Waals surface area contributed by atoms with Crippen LogP contribution in [0.25, 0.3) is 0 Å². The molecule has 0 unspecified atom stereocenters. The van der Waals surface area contributed by atoms with Crippen LogP contribution in [0, 0.1) is 0 Å². The summed E-state index contributed by atoms with van der Waals surface area (Å²) in [5, 5.41) is 13.9. The number of hydrogen-bond donors (Lipinski definition) is 3. The number of benzene rings is 1. The first-order valence-corrected chi connectivity index (χ1v) is 8.94. The van der Waals surface area contributed by atoms with Gasteiger partial charge in [0.2, 0.25) is 0 Å². The zero-order valence-electron chi connectivity index (χ0n) is 15.6. The Balaban J connectivity index is 2.37. The Morgan fingerprint density at radius 1 is 1.08 bits per heavy atom. The zero-order valence-corrected chi connectivity index (χ0v) is 15.6. The van der Waals surface area contributed by atoms with Gasteiger partial charge in [0.25, 0.3) is 0 Å². The minimum absolute atomic E-state index is 0.481. The van der Waals surface area contributed by atoms with Gasteiger partial charge in [-0.05, 0) is 44.9 Å². The predicted molar refractivity (Wildman–Crippen MR) is 100 cm³/mol. The molecule has 0 aliphatic rings. The third kappa shape index (κ3) is 7.68. The van der Waals surface area contributed by atoms with Crippen LogP contribution < -0.4 is 10.7 Å². The molecule has 3 N–H and O–H groups in total. The van der Waals surface area contributed by atoms with Gasteiger partial charge in [-0.1, -0.05) is 44.7 Å². The fourth-order valence-electron chi connectivity index (χ4n) is 2.46. The minimum Gasteiger partial charge on any atom is -0.464 e. The van der Waals surface area contributed by atoms with Crippen molar-refractivity contribution in [2.75, 3.05) is 11.9 Å². The van der Waals surface area contributed by atoms with E-state index in [2.05, 4.69) is 17.7 Å². The van der Waals surface area contributed by atoms with Gasteiger partial charge in [-0.3, -0.25) is 0 Å². The van der Waals surface area contributed by atoms with Gasteiger partial charge in [0.1, 0.15) is 0 Å². The molecule has 1 amide bonds. The maximum atomic E-state index is 11.3. The molecule has 0 bridgehead atoms. The molecule has 24 heavy (non-hydrogen) atoms. The number of anilines is 1. The Bertz CT molecular complexity index is 480. The van der Waals surface area contributed by atoms with Gasteiger partial charge in [0.05, 0.1) is 5.54 Å². The molecule has 0 aliphatic heterocycles. The summed E-state index contributed by atoms with van der Waals surface area (Å²) in [5.74, 6) is 0. The number of carbonyl (C=O) groups is 1. The number of hydrazine groups is 1. The van der Waals surface area contributed by atoms with Crippen LogP contribution >= 0.6 is 0 Å². The van der Waals surface area contributed by atoms with Crippen LogP contribution in [-0.4, -0.2) is 28.3 Å². The number of nitrogens with one attached hydrogen (secondary N) is 2. The number of amides is 1. The van der Waals surface area contributed by atoms with E-state index in [0.29, 0.717) is 6.54 Å². The third-order valence-electron chi connectivity index (χ3n) is 3.87. The van der Waals surface area contributed by atoms with E-state index in [1.165, 1.54) is 37.1 Å². The van der Waals surface area contributed by atoms with Crippen molar-refractivity contribution in [2.24, 2.45) is 0 Å². The minimum atomic E-state index is -0.969. The lowest BCUT2D eigenvalue weighted by atomic mass is 10.1. The largest absolute Gasteiger partial charge is 0.464 e. The van der Waals surface area contributed by atoms with Crippen LogP contribution in [0.15, 0.2) is 24.3 Å². The molecule has 1 aromatic carbocycles. The quantitative estimate of drug-likeness (QED) is 0.422. The lowest BCUT2D eigenvalue weighted by Crippen LogP contribution is -2.52. The monoisotopic (exact) mass is 335 g/mol. The normalized spacial score (nSPS) is 11.3. The van der Waals surface area contributed by atoms with E-state index in [0.717, 1.165) is 17.8 Å². The number of hydrogen-bond acceptors (Lipinski definition) is 3. The highest BCUT2D eigenvalue weighted by molar-refractivity contribution is 5.65. The number of carboxylic acid groups (broad SMARTS) is 1. The third-order valence-corrected chi connectivity index (χ3v) is 3.87. The first-order chi connectivity index (χ1) is 11.3. The highest BCUT2D eigenvalue weighted by Gasteiger charge is 2.25. The lowest BCUT2D eigenvalue weighted by Gasteiger charge is -2.33. The Kier molecular flexibility index (Phi) is 8.61. The summed E-state index contributed by atoms with van der Waals surface area (Å²) in [7, 11) is 0. The van der Waals surface area contributed by atoms with E-state index in [-0.39, 0.29) is 0 Å². The molecule has 5 heteroatoms. The molecule has 0 fully saturated rings. The van der Waals surface area contributed by atoms with Crippen LogP contribution in [0.3, 0.4) is 0 Å². The van der Waals surface area contributed by atoms with Crippen molar-refractivity contribution in [3.63, 3.8) is 0 Å². The molecule has 5 nitrogen and oxygen atoms in total. The van der Waals surface area contributed by atoms with Gasteiger partial charge in [-0.25, -0.2) is 15.2 Å². The van der Waals surface area contributed by atoms with Crippen molar-refractivity contribution in [3.05, 3.63) is 29.8 Å². The second-order valence-corrected chi connectivity index (χ2v) is 7.16.